The van der Waals surface area contributed by atoms with E-state index in [-0.39, 0.29) is 94.6 Å². The molecule has 20 aliphatic rings. The number of hydrogen-bond donors (Lipinski definition) is 4. The number of rotatable bonds is 17. The number of fused-ring (bicyclic) bond motifs is 40. The number of likely N-dealkylation sites (N-methyl/N-ethyl adjacent to an activating group) is 2. The van der Waals surface area contributed by atoms with Crippen LogP contribution in [0.4, 0.5) is 0 Å². The van der Waals surface area contributed by atoms with Gasteiger partial charge in [0.25, 0.3) is 0 Å². The number of esters is 2. The summed E-state index contributed by atoms with van der Waals surface area (Å²) in [6, 6.07) is 3.52. The first-order chi connectivity index (χ1) is 53.5. The molecule has 4 amide bonds. The van der Waals surface area contributed by atoms with Gasteiger partial charge in [-0.05, 0) is 341 Å². The third-order valence-corrected chi connectivity index (χ3v) is 34.9. The molecule has 0 saturated heterocycles. The smallest absolute Gasteiger partial charge is 0.333 e. The molecule has 20 bridgehead atoms. The number of ether oxygens (including phenoxy) is 3. The Labute approximate surface area is 662 Å². The van der Waals surface area contributed by atoms with E-state index < -0.39 is 5.97 Å². The Balaban J connectivity index is 0.000000107. The Morgan fingerprint density at radius 2 is 0.973 bits per heavy atom. The van der Waals surface area contributed by atoms with Crippen LogP contribution in [0.3, 0.4) is 0 Å². The molecule has 20 rings (SSSR count). The number of aliphatic hydroxyl groups excluding tert-OH is 1. The summed E-state index contributed by atoms with van der Waals surface area (Å²) in [7, 11) is 3.65. The van der Waals surface area contributed by atoms with Crippen LogP contribution in [0, 0.1) is 205 Å². The van der Waals surface area contributed by atoms with Crippen LogP contribution in [0.25, 0.3) is 0 Å². The van der Waals surface area contributed by atoms with Crippen LogP contribution in [0.2, 0.25) is 0 Å². The summed E-state index contributed by atoms with van der Waals surface area (Å²) < 4.78 is 16.9. The van der Waals surface area contributed by atoms with Gasteiger partial charge in [-0.25, -0.2) is 9.59 Å². The Morgan fingerprint density at radius 1 is 0.509 bits per heavy atom. The Hall–Kier alpha value is -6.79. The van der Waals surface area contributed by atoms with E-state index >= 15 is 0 Å². The van der Waals surface area contributed by atoms with Gasteiger partial charge in [-0.3, -0.25) is 38.9 Å². The Bertz CT molecular complexity index is 3850. The van der Waals surface area contributed by atoms with Crippen LogP contribution in [-0.4, -0.2) is 148 Å². The lowest BCUT2D eigenvalue weighted by atomic mass is 9.66. The number of aliphatic hydroxyl groups is 1. The molecule has 0 aromatic carbocycles. The maximum absolute atomic E-state index is 12.1. The lowest BCUT2D eigenvalue weighted by Crippen LogP contribution is -2.46. The van der Waals surface area contributed by atoms with Gasteiger partial charge in [-0.1, -0.05) is 39.5 Å². The number of carbonyl (C=O) groups excluding carboxylic acids is 7. The average molecular weight is 1540 g/mol. The summed E-state index contributed by atoms with van der Waals surface area (Å²) in [4.78, 5) is 107. The van der Waals surface area contributed by atoms with Gasteiger partial charge in [-0.15, -0.1) is 0 Å². The number of methoxy groups -OCH3 is 1. The van der Waals surface area contributed by atoms with E-state index in [0.29, 0.717) is 130 Å². The molecule has 112 heavy (non-hydrogen) atoms. The SMILES string of the molecule is C=C(C)C(=O)N(CC)C1CC2CC1CC2C(C)=O.C=C(C)C(=O)NC1CC2CC1C1C3CC(C#N)C(C3)C21.C=C(C)C(=O)OC1CC2CC1C1C3CC(C21)C([N+](=O)[O-])C3.C=CC(=O)N(C)C1CC2CC1CC2C(=O)O.C=CC(=O)NC1CC2CC1C1C3CC(O)C(C3)C21.C=CC(=O)OC1CC2CC1C1C3CC(OC)C(C3)C21. The van der Waals surface area contributed by atoms with Crippen LogP contribution in [0.1, 0.15) is 176 Å². The molecule has 0 heterocycles. The molecular formula is C91H126N6O15. The minimum Gasteiger partial charge on any atom is -0.481 e. The predicted octanol–water partition coefficient (Wildman–Crippen LogP) is 12.2. The number of amides is 4. The molecular weight excluding hydrogens is 1420 g/mol. The van der Waals surface area contributed by atoms with Crippen LogP contribution < -0.4 is 10.6 Å². The van der Waals surface area contributed by atoms with Crippen molar-refractivity contribution in [3.05, 3.63) is 84.5 Å². The van der Waals surface area contributed by atoms with E-state index in [1.54, 1.807) is 39.6 Å². The average Bonchev–Trinajstić information content (AvgIpc) is 1.54. The predicted molar refractivity (Wildman–Crippen MR) is 418 cm³/mol. The highest BCUT2D eigenvalue weighted by atomic mass is 16.6. The van der Waals surface area contributed by atoms with Crippen molar-refractivity contribution in [2.45, 2.75) is 231 Å². The number of carboxylic acid groups (broad SMARTS) is 1. The van der Waals surface area contributed by atoms with E-state index in [0.717, 1.165) is 180 Å². The molecule has 20 saturated carbocycles. The minimum atomic E-state index is -0.677. The highest BCUT2D eigenvalue weighted by Crippen LogP contribution is 2.72. The van der Waals surface area contributed by atoms with Crippen molar-refractivity contribution in [3.63, 3.8) is 0 Å². The zero-order valence-electron chi connectivity index (χ0n) is 67.3. The number of nitrogens with one attached hydrogen (secondary N) is 2. The number of nitrogens with zero attached hydrogens (tertiary/aromatic N) is 4. The molecule has 40 unspecified atom stereocenters. The van der Waals surface area contributed by atoms with Crippen LogP contribution in [-0.2, 0) is 52.6 Å². The first-order valence-electron chi connectivity index (χ1n) is 43.4. The number of ketones is 1. The molecule has 20 aliphatic carbocycles. The van der Waals surface area contributed by atoms with Crippen LogP contribution in [0.15, 0.2) is 74.4 Å². The summed E-state index contributed by atoms with van der Waals surface area (Å²) in [5.41, 5.74) is 1.68. The standard InChI is InChI=1S/C17H22N2O.C16H21NO4.C16H22O3.C15H21NO2.C15H23NO2.C12H17NO3/c1-8(2)17(20)19-14-6-10-5-13(14)16-9-3-11(7-18)12(4-9)15(10)16;1-7(2)16(18)21-13-6-9-4-11(13)15-8-3-10(14(9)15)12(5-8)17(19)20;1-3-14(17)19-13-7-9-5-11(13)16-8-4-10(15(9)16)12(6-8)18-2;1-2-13(18)16-11-5-7-3-9(11)14-8-4-10(15(7)14)12(17)6-8;1-5-16(15(18)9(2)3)14-8-11-6-12(14)7-13(11)10(4)17;1-3-11(14)13(2)10-6-7-4-8(10)5-9(7)12(15)16/h9-16H,1,3-6H2,2H3,(H,19,20);8-15H,1,3-6H2,2H3;3,8-13,15-16H,1,4-7H2,2H3;2,7-12,14-15,17H,1,3-6H2,(H,16,18);11-14H,2,5-8H2,1,3-4H3;3,7-10H,1,4-6H2,2H3,(H,15,16). The maximum Gasteiger partial charge on any atom is 0.333 e. The molecule has 610 valence electrons. The summed E-state index contributed by atoms with van der Waals surface area (Å²) in [6.07, 6.45) is 28.4. The highest BCUT2D eigenvalue weighted by Gasteiger charge is 2.71. The van der Waals surface area contributed by atoms with Gasteiger partial charge in [0.1, 0.15) is 18.0 Å². The van der Waals surface area contributed by atoms with E-state index in [2.05, 4.69) is 56.2 Å². The quantitative estimate of drug-likeness (QED) is 0.0346. The number of nitriles is 1. The van der Waals surface area contributed by atoms with Crippen LogP contribution >= 0.6 is 0 Å². The molecule has 21 heteroatoms. The lowest BCUT2D eigenvalue weighted by molar-refractivity contribution is -0.534. The molecule has 40 atom stereocenters. The van der Waals surface area contributed by atoms with Gasteiger partial charge in [-0.2, -0.15) is 5.26 Å². The molecule has 0 aromatic heterocycles. The fourth-order valence-electron chi connectivity index (χ4n) is 31.6. The second kappa shape index (κ2) is 31.7. The van der Waals surface area contributed by atoms with E-state index in [4.69, 9.17) is 19.3 Å². The second-order valence-corrected chi connectivity index (χ2v) is 39.6. The third-order valence-electron chi connectivity index (χ3n) is 34.9. The maximum atomic E-state index is 12.1. The summed E-state index contributed by atoms with van der Waals surface area (Å²) in [5, 5.41) is 45.9. The molecule has 4 N–H and O–H groups in total. The summed E-state index contributed by atoms with van der Waals surface area (Å²) >= 11 is 0. The van der Waals surface area contributed by atoms with Gasteiger partial charge in [0.15, 0.2) is 0 Å². The zero-order chi connectivity index (χ0) is 79.8. The van der Waals surface area contributed by atoms with Crippen molar-refractivity contribution in [3.8, 4) is 6.07 Å². The number of hydrogen-bond acceptors (Lipinski definition) is 15. The van der Waals surface area contributed by atoms with Crippen molar-refractivity contribution in [1.82, 2.24) is 20.4 Å². The van der Waals surface area contributed by atoms with Crippen LogP contribution in [0.5, 0.6) is 0 Å². The number of aliphatic carboxylic acids is 1. The second-order valence-electron chi connectivity index (χ2n) is 39.6. The Morgan fingerprint density at radius 3 is 1.47 bits per heavy atom. The largest absolute Gasteiger partial charge is 0.481 e. The summed E-state index contributed by atoms with van der Waals surface area (Å²) in [5.74, 6) is 17.3. The zero-order valence-corrected chi connectivity index (χ0v) is 67.3. The molecule has 0 aromatic rings. The van der Waals surface area contributed by atoms with Gasteiger partial charge in [0, 0.05) is 96.8 Å². The number of carbonyl (C=O) groups is 8. The molecule has 0 radical (unpaired) electrons. The van der Waals surface area contributed by atoms with Gasteiger partial charge in [0.2, 0.25) is 29.7 Å². The molecule has 0 spiro atoms. The van der Waals surface area contributed by atoms with Crippen molar-refractivity contribution in [1.29, 1.82) is 5.26 Å². The Kier molecular flexibility index (Phi) is 22.7. The van der Waals surface area contributed by atoms with E-state index in [1.165, 1.54) is 63.2 Å². The normalized spacial score (nSPS) is 46.8. The fourth-order valence-corrected chi connectivity index (χ4v) is 31.6. The molecule has 21 nitrogen and oxygen atoms in total. The molecule has 20 fully saturated rings. The lowest BCUT2D eigenvalue weighted by Gasteiger charge is -2.40. The summed E-state index contributed by atoms with van der Waals surface area (Å²) in [6.45, 7) is 31.3. The van der Waals surface area contributed by atoms with E-state index in [9.17, 15) is 58.8 Å². The highest BCUT2D eigenvalue weighted by molar-refractivity contribution is 5.93. The first-order valence-corrected chi connectivity index (χ1v) is 43.4. The van der Waals surface area contributed by atoms with Gasteiger partial charge >= 0.3 is 17.9 Å². The first kappa shape index (κ1) is 80.4. The van der Waals surface area contributed by atoms with Gasteiger partial charge < -0.3 is 44.9 Å². The topological polar surface area (TPSA) is 302 Å². The van der Waals surface area contributed by atoms with Crippen molar-refractivity contribution >= 4 is 47.3 Å². The number of carboxylic acids is 1. The molecule has 0 aliphatic heterocycles. The van der Waals surface area contributed by atoms with Crippen molar-refractivity contribution in [2.24, 2.45) is 183 Å². The number of nitro groups is 1. The monoisotopic (exact) mass is 1540 g/mol. The van der Waals surface area contributed by atoms with E-state index in [1.807, 2.05) is 18.9 Å². The fraction of sp³-hybridized carbons (Fsp3) is 0.769. The minimum absolute atomic E-state index is 0.0210. The van der Waals surface area contributed by atoms with Crippen molar-refractivity contribution < 1.29 is 67.7 Å². The van der Waals surface area contributed by atoms with Crippen molar-refractivity contribution in [2.75, 3.05) is 20.7 Å². The third kappa shape index (κ3) is 14.0. The van der Waals surface area contributed by atoms with Gasteiger partial charge in [0.05, 0.1) is 24.2 Å². The number of Topliss-reactive ketones (excluding diaryl/α,β-unsaturated/α-hetero) is 1.